The highest BCUT2D eigenvalue weighted by Crippen LogP contribution is 2.39. The van der Waals surface area contributed by atoms with E-state index in [1.54, 1.807) is 24.2 Å². The first-order chi connectivity index (χ1) is 12.5. The van der Waals surface area contributed by atoms with E-state index in [1.807, 2.05) is 6.07 Å². The van der Waals surface area contributed by atoms with Crippen molar-refractivity contribution in [1.82, 2.24) is 4.90 Å². The highest BCUT2D eigenvalue weighted by Gasteiger charge is 2.35. The van der Waals surface area contributed by atoms with E-state index in [9.17, 15) is 14.4 Å². The number of nitrogens with one attached hydrogen (secondary N) is 1. The Bertz CT molecular complexity index is 868. The lowest BCUT2D eigenvalue weighted by atomic mass is 10.1. The molecule has 2 aliphatic rings. The third-order valence-electron chi connectivity index (χ3n) is 5.02. The Morgan fingerprint density at radius 3 is 2.96 bits per heavy atom. The van der Waals surface area contributed by atoms with E-state index < -0.39 is 5.92 Å². The van der Waals surface area contributed by atoms with Gasteiger partial charge in [0.2, 0.25) is 11.8 Å². The summed E-state index contributed by atoms with van der Waals surface area (Å²) in [4.78, 5) is 39.8. The number of hydrogen-bond donors (Lipinski definition) is 1. The summed E-state index contributed by atoms with van der Waals surface area (Å²) in [5.74, 6) is 0.0357. The number of hydrogen-bond acceptors (Lipinski definition) is 5. The second kappa shape index (κ2) is 6.72. The minimum Gasteiger partial charge on any atom is -0.467 e. The summed E-state index contributed by atoms with van der Waals surface area (Å²) in [5.41, 5.74) is 1.76. The largest absolute Gasteiger partial charge is 0.467 e. The zero-order valence-corrected chi connectivity index (χ0v) is 15.4. The summed E-state index contributed by atoms with van der Waals surface area (Å²) >= 11 is 1.50. The van der Waals surface area contributed by atoms with Crippen molar-refractivity contribution in [3.63, 3.8) is 0 Å². The monoisotopic (exact) mass is 372 g/mol. The van der Waals surface area contributed by atoms with E-state index in [4.69, 9.17) is 4.42 Å². The number of carbonyl (C=O) groups is 3. The molecule has 6 nitrogen and oxygen atoms in total. The molecule has 1 saturated heterocycles. The number of anilines is 1. The number of furan rings is 1. The van der Waals surface area contributed by atoms with Gasteiger partial charge in [0.15, 0.2) is 5.78 Å². The fourth-order valence-electron chi connectivity index (χ4n) is 3.77. The van der Waals surface area contributed by atoms with Crippen LogP contribution in [0.25, 0.3) is 0 Å². The number of thiophene rings is 1. The Hall–Kier alpha value is -2.41. The van der Waals surface area contributed by atoms with Crippen molar-refractivity contribution in [1.29, 1.82) is 0 Å². The molecule has 0 spiro atoms. The summed E-state index contributed by atoms with van der Waals surface area (Å²) in [5, 5.41) is 3.56. The van der Waals surface area contributed by atoms with E-state index >= 15 is 0 Å². The Morgan fingerprint density at radius 1 is 1.38 bits per heavy atom. The van der Waals surface area contributed by atoms with Crippen molar-refractivity contribution >= 4 is 33.9 Å². The Morgan fingerprint density at radius 2 is 2.23 bits per heavy atom. The van der Waals surface area contributed by atoms with Gasteiger partial charge in [-0.3, -0.25) is 14.4 Å². The number of aryl methyl sites for hydroxylation is 1. The fraction of sp³-hybridized carbons (Fsp3) is 0.421. The average molecular weight is 372 g/mol. The molecular formula is C19H20N2O4S. The second-order valence-electron chi connectivity index (χ2n) is 6.86. The molecule has 2 aromatic heterocycles. The molecule has 4 rings (SSSR count). The minimum atomic E-state index is -0.408. The molecule has 3 heterocycles. The molecule has 2 aromatic rings. The van der Waals surface area contributed by atoms with Gasteiger partial charge in [-0.1, -0.05) is 0 Å². The van der Waals surface area contributed by atoms with Crippen molar-refractivity contribution in [2.24, 2.45) is 5.92 Å². The van der Waals surface area contributed by atoms with Gasteiger partial charge >= 0.3 is 0 Å². The summed E-state index contributed by atoms with van der Waals surface area (Å²) in [6.45, 7) is 2.29. The molecule has 0 bridgehead atoms. The first-order valence-corrected chi connectivity index (χ1v) is 9.61. The first kappa shape index (κ1) is 17.0. The molecule has 1 atom stereocenters. The van der Waals surface area contributed by atoms with Crippen LogP contribution in [0.1, 0.15) is 46.3 Å². The maximum Gasteiger partial charge on any atom is 0.230 e. The van der Waals surface area contributed by atoms with E-state index in [1.165, 1.54) is 16.2 Å². The van der Waals surface area contributed by atoms with Crippen LogP contribution in [-0.2, 0) is 29.0 Å². The molecule has 1 aliphatic carbocycles. The predicted octanol–water partition coefficient (Wildman–Crippen LogP) is 3.02. The topological polar surface area (TPSA) is 79.6 Å². The van der Waals surface area contributed by atoms with Crippen molar-refractivity contribution in [3.05, 3.63) is 40.2 Å². The molecule has 1 unspecified atom stereocenters. The van der Waals surface area contributed by atoms with Gasteiger partial charge in [0, 0.05) is 17.8 Å². The summed E-state index contributed by atoms with van der Waals surface area (Å²) in [6, 6.07) is 3.59. The molecule has 7 heteroatoms. The summed E-state index contributed by atoms with van der Waals surface area (Å²) < 4.78 is 5.28. The smallest absolute Gasteiger partial charge is 0.230 e. The van der Waals surface area contributed by atoms with Gasteiger partial charge in [-0.2, -0.15) is 0 Å². The third-order valence-corrected chi connectivity index (χ3v) is 6.23. The van der Waals surface area contributed by atoms with Gasteiger partial charge in [-0.25, -0.2) is 0 Å². The van der Waals surface area contributed by atoms with Gasteiger partial charge in [-0.15, -0.1) is 11.3 Å². The lowest BCUT2D eigenvalue weighted by Crippen LogP contribution is -2.28. The Balaban J connectivity index is 1.46. The van der Waals surface area contributed by atoms with Crippen LogP contribution >= 0.6 is 11.3 Å². The van der Waals surface area contributed by atoms with E-state index in [2.05, 4.69) is 5.32 Å². The molecular weight excluding hydrogens is 352 g/mol. The lowest BCUT2D eigenvalue weighted by Gasteiger charge is -2.15. The van der Waals surface area contributed by atoms with E-state index in [-0.39, 0.29) is 24.0 Å². The van der Waals surface area contributed by atoms with Crippen LogP contribution in [0.4, 0.5) is 5.00 Å². The number of likely N-dealkylation sites (tertiary alicyclic amines) is 1. The number of Topliss-reactive ketones (excluding diaryl/α,β-unsaturated/α-hetero) is 1. The normalized spacial score (nSPS) is 19.0. The first-order valence-electron chi connectivity index (χ1n) is 8.79. The highest BCUT2D eigenvalue weighted by molar-refractivity contribution is 7.17. The third kappa shape index (κ3) is 3.07. The van der Waals surface area contributed by atoms with Crippen molar-refractivity contribution in [2.75, 3.05) is 11.9 Å². The molecule has 0 radical (unpaired) electrons. The standard InChI is InChI=1S/C19H20N2O4S/c1-11(22)17-14-5-2-6-15(14)26-19(17)20-18(24)12-8-16(23)21(9-12)10-13-4-3-7-25-13/h3-4,7,12H,2,5-6,8-10H2,1H3,(H,20,24). The number of rotatable bonds is 5. The maximum atomic E-state index is 12.7. The van der Waals surface area contributed by atoms with E-state index in [0.717, 1.165) is 24.8 Å². The molecule has 136 valence electrons. The molecule has 1 N–H and O–H groups in total. The minimum absolute atomic E-state index is 0.0124. The van der Waals surface area contributed by atoms with Crippen LogP contribution in [0.3, 0.4) is 0 Å². The van der Waals surface area contributed by atoms with Gasteiger partial charge in [-0.05, 0) is 43.9 Å². The van der Waals surface area contributed by atoms with Crippen molar-refractivity contribution < 1.29 is 18.8 Å². The number of ketones is 1. The van der Waals surface area contributed by atoms with Crippen LogP contribution in [-0.4, -0.2) is 29.0 Å². The number of amides is 2. The second-order valence-corrected chi connectivity index (χ2v) is 7.97. The van der Waals surface area contributed by atoms with Crippen molar-refractivity contribution in [3.8, 4) is 0 Å². The Labute approximate surface area is 155 Å². The number of fused-ring (bicyclic) bond motifs is 1. The number of nitrogens with zero attached hydrogens (tertiary/aromatic N) is 1. The van der Waals surface area contributed by atoms with Gasteiger partial charge in [0.1, 0.15) is 10.8 Å². The molecule has 26 heavy (non-hydrogen) atoms. The number of carbonyl (C=O) groups excluding carboxylic acids is 3. The predicted molar refractivity (Wildman–Crippen MR) is 97.2 cm³/mol. The van der Waals surface area contributed by atoms with Crippen molar-refractivity contribution in [2.45, 2.75) is 39.2 Å². The van der Waals surface area contributed by atoms with Crippen LogP contribution in [0, 0.1) is 5.92 Å². The average Bonchev–Trinajstić information content (AvgIpc) is 3.33. The summed E-state index contributed by atoms with van der Waals surface area (Å²) in [6.07, 6.45) is 4.69. The van der Waals surface area contributed by atoms with Crippen LogP contribution in [0.5, 0.6) is 0 Å². The van der Waals surface area contributed by atoms with Crippen LogP contribution in [0.15, 0.2) is 22.8 Å². The zero-order valence-electron chi connectivity index (χ0n) is 14.5. The fourth-order valence-corrected chi connectivity index (χ4v) is 5.11. The summed E-state index contributed by atoms with van der Waals surface area (Å²) in [7, 11) is 0. The molecule has 1 fully saturated rings. The highest BCUT2D eigenvalue weighted by atomic mass is 32.1. The van der Waals surface area contributed by atoms with Crippen LogP contribution < -0.4 is 5.32 Å². The molecule has 2 amide bonds. The van der Waals surface area contributed by atoms with Gasteiger partial charge in [0.05, 0.1) is 24.3 Å². The zero-order chi connectivity index (χ0) is 18.3. The molecule has 0 aromatic carbocycles. The van der Waals surface area contributed by atoms with Crippen LogP contribution in [0.2, 0.25) is 0 Å². The van der Waals surface area contributed by atoms with Gasteiger partial charge in [0.25, 0.3) is 0 Å². The SMILES string of the molecule is CC(=O)c1c(NC(=O)C2CC(=O)N(Cc3ccco3)C2)sc2c1CCC2. The maximum absolute atomic E-state index is 12.7. The molecule has 1 aliphatic heterocycles. The molecule has 0 saturated carbocycles. The van der Waals surface area contributed by atoms with E-state index in [0.29, 0.717) is 29.4 Å². The Kier molecular flexibility index (Phi) is 4.40. The van der Waals surface area contributed by atoms with Gasteiger partial charge < -0.3 is 14.6 Å². The quantitative estimate of drug-likeness (QED) is 0.818. The lowest BCUT2D eigenvalue weighted by molar-refractivity contribution is -0.128.